The zero-order valence-corrected chi connectivity index (χ0v) is 10.7. The van der Waals surface area contributed by atoms with E-state index >= 15 is 0 Å². The molecule has 0 aromatic heterocycles. The summed E-state index contributed by atoms with van der Waals surface area (Å²) in [7, 11) is 0. The molecule has 1 saturated heterocycles. The standard InChI is InChI=1S/C12H24N2O3/c1-2-4-14(11-12(15)16)6-3-5-13-7-9-17-10-8-13/h2-11H2,1H3,(H,15,16). The van der Waals surface area contributed by atoms with Crippen LogP contribution in [0.4, 0.5) is 0 Å². The van der Waals surface area contributed by atoms with Gasteiger partial charge in [0.2, 0.25) is 0 Å². The Labute approximate surface area is 103 Å². The Hall–Kier alpha value is -0.650. The third-order valence-electron chi connectivity index (χ3n) is 2.95. The van der Waals surface area contributed by atoms with Gasteiger partial charge in [-0.3, -0.25) is 14.6 Å². The number of aliphatic carboxylic acids is 1. The number of rotatable bonds is 8. The molecule has 1 rings (SSSR count). The second-order valence-electron chi connectivity index (χ2n) is 4.48. The summed E-state index contributed by atoms with van der Waals surface area (Å²) in [5.74, 6) is -0.732. The molecule has 0 radical (unpaired) electrons. The summed E-state index contributed by atoms with van der Waals surface area (Å²) in [5, 5.41) is 8.79. The van der Waals surface area contributed by atoms with E-state index in [1.807, 2.05) is 4.90 Å². The van der Waals surface area contributed by atoms with Crippen molar-refractivity contribution in [2.45, 2.75) is 19.8 Å². The van der Waals surface area contributed by atoms with Crippen LogP contribution in [0.2, 0.25) is 0 Å². The Morgan fingerprint density at radius 3 is 2.65 bits per heavy atom. The van der Waals surface area contributed by atoms with Crippen LogP contribution in [0.3, 0.4) is 0 Å². The van der Waals surface area contributed by atoms with Crippen molar-refractivity contribution < 1.29 is 14.6 Å². The van der Waals surface area contributed by atoms with Crippen LogP contribution in [0.1, 0.15) is 19.8 Å². The van der Waals surface area contributed by atoms with Crippen molar-refractivity contribution in [1.82, 2.24) is 9.80 Å². The molecule has 5 nitrogen and oxygen atoms in total. The summed E-state index contributed by atoms with van der Waals surface area (Å²) < 4.78 is 5.29. The van der Waals surface area contributed by atoms with Crippen LogP contribution in [-0.4, -0.2) is 73.4 Å². The quantitative estimate of drug-likeness (QED) is 0.674. The molecule has 17 heavy (non-hydrogen) atoms. The summed E-state index contributed by atoms with van der Waals surface area (Å²) in [6.07, 6.45) is 2.04. The molecule has 1 N–H and O–H groups in total. The zero-order valence-electron chi connectivity index (χ0n) is 10.7. The van der Waals surface area contributed by atoms with Crippen molar-refractivity contribution >= 4 is 5.97 Å². The molecular formula is C12H24N2O3. The van der Waals surface area contributed by atoms with Gasteiger partial charge in [-0.1, -0.05) is 6.92 Å². The number of ether oxygens (including phenoxy) is 1. The number of hydrogen-bond acceptors (Lipinski definition) is 4. The largest absolute Gasteiger partial charge is 0.480 e. The number of nitrogens with zero attached hydrogens (tertiary/aromatic N) is 2. The van der Waals surface area contributed by atoms with Gasteiger partial charge in [0.25, 0.3) is 0 Å². The van der Waals surface area contributed by atoms with Gasteiger partial charge in [0.1, 0.15) is 0 Å². The van der Waals surface area contributed by atoms with E-state index < -0.39 is 5.97 Å². The summed E-state index contributed by atoms with van der Waals surface area (Å²) in [5.41, 5.74) is 0. The van der Waals surface area contributed by atoms with Crippen LogP contribution >= 0.6 is 0 Å². The van der Waals surface area contributed by atoms with Crippen molar-refractivity contribution in [2.24, 2.45) is 0 Å². The molecular weight excluding hydrogens is 220 g/mol. The first-order valence-corrected chi connectivity index (χ1v) is 6.46. The minimum atomic E-state index is -0.732. The van der Waals surface area contributed by atoms with Crippen molar-refractivity contribution in [3.63, 3.8) is 0 Å². The fourth-order valence-electron chi connectivity index (χ4n) is 2.12. The van der Waals surface area contributed by atoms with Crippen LogP contribution in [0.15, 0.2) is 0 Å². The molecule has 0 saturated carbocycles. The lowest BCUT2D eigenvalue weighted by molar-refractivity contribution is -0.138. The van der Waals surface area contributed by atoms with Gasteiger partial charge >= 0.3 is 5.97 Å². The molecule has 1 aliphatic heterocycles. The lowest BCUT2D eigenvalue weighted by atomic mass is 10.3. The van der Waals surface area contributed by atoms with Gasteiger partial charge in [-0.15, -0.1) is 0 Å². The average molecular weight is 244 g/mol. The third kappa shape index (κ3) is 6.61. The van der Waals surface area contributed by atoms with Gasteiger partial charge < -0.3 is 9.84 Å². The van der Waals surface area contributed by atoms with Gasteiger partial charge in [-0.25, -0.2) is 0 Å². The van der Waals surface area contributed by atoms with E-state index in [9.17, 15) is 4.79 Å². The van der Waals surface area contributed by atoms with Crippen LogP contribution < -0.4 is 0 Å². The van der Waals surface area contributed by atoms with Gasteiger partial charge in [0.05, 0.1) is 19.8 Å². The van der Waals surface area contributed by atoms with Crippen molar-refractivity contribution in [2.75, 3.05) is 52.5 Å². The van der Waals surface area contributed by atoms with Crippen molar-refractivity contribution in [1.29, 1.82) is 0 Å². The van der Waals surface area contributed by atoms with Crippen LogP contribution in [-0.2, 0) is 9.53 Å². The minimum Gasteiger partial charge on any atom is -0.480 e. The summed E-state index contributed by atoms with van der Waals surface area (Å²) in [6.45, 7) is 8.70. The van der Waals surface area contributed by atoms with Gasteiger partial charge in [0.15, 0.2) is 0 Å². The number of carboxylic acids is 1. The van der Waals surface area contributed by atoms with E-state index in [0.717, 1.165) is 58.8 Å². The molecule has 100 valence electrons. The van der Waals surface area contributed by atoms with Gasteiger partial charge in [0, 0.05) is 13.1 Å². The highest BCUT2D eigenvalue weighted by Crippen LogP contribution is 2.00. The molecule has 0 spiro atoms. The fraction of sp³-hybridized carbons (Fsp3) is 0.917. The molecule has 5 heteroatoms. The summed E-state index contributed by atoms with van der Waals surface area (Å²) >= 11 is 0. The highest BCUT2D eigenvalue weighted by atomic mass is 16.5. The highest BCUT2D eigenvalue weighted by molar-refractivity contribution is 5.69. The lowest BCUT2D eigenvalue weighted by Gasteiger charge is -2.27. The monoisotopic (exact) mass is 244 g/mol. The molecule has 1 fully saturated rings. The third-order valence-corrected chi connectivity index (χ3v) is 2.95. The molecule has 1 aliphatic rings. The summed E-state index contributed by atoms with van der Waals surface area (Å²) in [4.78, 5) is 15.1. The van der Waals surface area contributed by atoms with E-state index in [2.05, 4.69) is 11.8 Å². The molecule has 0 bridgehead atoms. The normalized spacial score (nSPS) is 17.5. The minimum absolute atomic E-state index is 0.164. The average Bonchev–Trinajstić information content (AvgIpc) is 2.30. The first-order valence-electron chi connectivity index (χ1n) is 6.46. The van der Waals surface area contributed by atoms with Gasteiger partial charge in [-0.05, 0) is 32.5 Å². The molecule has 1 heterocycles. The Morgan fingerprint density at radius 1 is 1.35 bits per heavy atom. The zero-order chi connectivity index (χ0) is 12.5. The molecule has 0 unspecified atom stereocenters. The second kappa shape index (κ2) is 8.44. The predicted molar refractivity (Wildman–Crippen MR) is 66.2 cm³/mol. The Morgan fingerprint density at radius 2 is 2.06 bits per heavy atom. The van der Waals surface area contributed by atoms with E-state index in [1.54, 1.807) is 0 Å². The maximum Gasteiger partial charge on any atom is 0.317 e. The number of carbonyl (C=O) groups is 1. The topological polar surface area (TPSA) is 53.0 Å². The van der Waals surface area contributed by atoms with E-state index in [-0.39, 0.29) is 6.54 Å². The van der Waals surface area contributed by atoms with Crippen molar-refractivity contribution in [3.05, 3.63) is 0 Å². The number of carboxylic acid groups (broad SMARTS) is 1. The predicted octanol–water partition coefficient (Wildman–Crippen LogP) is 0.505. The fourth-order valence-corrected chi connectivity index (χ4v) is 2.12. The summed E-state index contributed by atoms with van der Waals surface area (Å²) in [6, 6.07) is 0. The first kappa shape index (κ1) is 14.4. The van der Waals surface area contributed by atoms with E-state index in [4.69, 9.17) is 9.84 Å². The van der Waals surface area contributed by atoms with E-state index in [1.165, 1.54) is 0 Å². The van der Waals surface area contributed by atoms with Crippen LogP contribution in [0, 0.1) is 0 Å². The second-order valence-corrected chi connectivity index (χ2v) is 4.48. The Balaban J connectivity index is 2.14. The smallest absolute Gasteiger partial charge is 0.317 e. The van der Waals surface area contributed by atoms with Crippen LogP contribution in [0.5, 0.6) is 0 Å². The molecule has 0 atom stereocenters. The molecule has 0 amide bonds. The highest BCUT2D eigenvalue weighted by Gasteiger charge is 2.12. The van der Waals surface area contributed by atoms with Gasteiger partial charge in [-0.2, -0.15) is 0 Å². The lowest BCUT2D eigenvalue weighted by Crippen LogP contribution is -2.39. The molecule has 0 aromatic rings. The molecule has 0 aliphatic carbocycles. The Bertz CT molecular complexity index is 218. The number of morpholine rings is 1. The SMILES string of the molecule is CCCN(CCCN1CCOCC1)CC(=O)O. The maximum absolute atomic E-state index is 10.7. The molecule has 0 aromatic carbocycles. The number of hydrogen-bond donors (Lipinski definition) is 1. The Kier molecular flexibility index (Phi) is 7.16. The first-order chi connectivity index (χ1) is 8.22. The van der Waals surface area contributed by atoms with E-state index in [0.29, 0.717) is 0 Å². The maximum atomic E-state index is 10.7. The van der Waals surface area contributed by atoms with Crippen molar-refractivity contribution in [3.8, 4) is 0 Å². The van der Waals surface area contributed by atoms with Crippen LogP contribution in [0.25, 0.3) is 0 Å².